The molecule has 3 atom stereocenters. The summed E-state index contributed by atoms with van der Waals surface area (Å²) in [7, 11) is 0. The number of fused-ring (bicyclic) bond motifs is 2. The molecule has 6 heteroatoms. The Kier molecular flexibility index (Phi) is 4.28. The van der Waals surface area contributed by atoms with E-state index in [1.165, 1.54) is 0 Å². The molecule has 3 heterocycles. The summed E-state index contributed by atoms with van der Waals surface area (Å²) in [5.41, 5.74) is 1.38. The molecule has 1 saturated heterocycles. The first kappa shape index (κ1) is 19.0. The predicted molar refractivity (Wildman–Crippen MR) is 106 cm³/mol. The average Bonchev–Trinajstić information content (AvgIpc) is 2.96. The lowest BCUT2D eigenvalue weighted by atomic mass is 9.79. The van der Waals surface area contributed by atoms with Gasteiger partial charge >= 0.3 is 6.09 Å². The number of hydrogen-bond donors (Lipinski definition) is 0. The van der Waals surface area contributed by atoms with Crippen LogP contribution in [0.5, 0.6) is 0 Å². The molecule has 2 aliphatic rings. The first-order valence-electron chi connectivity index (χ1n) is 10.0. The summed E-state index contributed by atoms with van der Waals surface area (Å²) in [6.07, 6.45) is 4.03. The highest BCUT2D eigenvalue weighted by molar-refractivity contribution is 5.87. The molecular formula is C22H29N3O3. The lowest BCUT2D eigenvalue weighted by Crippen LogP contribution is -2.37. The van der Waals surface area contributed by atoms with Crippen LogP contribution in [0.4, 0.5) is 4.79 Å². The monoisotopic (exact) mass is 383 g/mol. The van der Waals surface area contributed by atoms with E-state index in [9.17, 15) is 9.59 Å². The van der Waals surface area contributed by atoms with Crippen molar-refractivity contribution in [3.05, 3.63) is 36.2 Å². The molecule has 2 fully saturated rings. The summed E-state index contributed by atoms with van der Waals surface area (Å²) in [6.45, 7) is 11.1. The summed E-state index contributed by atoms with van der Waals surface area (Å²) in [4.78, 5) is 27.0. The van der Waals surface area contributed by atoms with Gasteiger partial charge in [0.2, 0.25) is 0 Å². The molecule has 0 radical (unpaired) electrons. The topological polar surface area (TPSA) is 63.9 Å². The number of likely N-dealkylation sites (tertiary alicyclic amines) is 1. The summed E-state index contributed by atoms with van der Waals surface area (Å²) >= 11 is 0. The van der Waals surface area contributed by atoms with E-state index < -0.39 is 5.60 Å². The Morgan fingerprint density at radius 3 is 2.46 bits per heavy atom. The molecule has 1 saturated carbocycles. The molecule has 4 rings (SSSR count). The fourth-order valence-corrected chi connectivity index (χ4v) is 4.58. The van der Waals surface area contributed by atoms with Crippen molar-refractivity contribution in [2.75, 3.05) is 13.1 Å². The smallest absolute Gasteiger partial charge is 0.410 e. The fourth-order valence-electron chi connectivity index (χ4n) is 4.58. The van der Waals surface area contributed by atoms with Gasteiger partial charge in [-0.3, -0.25) is 4.79 Å². The largest absolute Gasteiger partial charge is 0.444 e. The molecule has 1 unspecified atom stereocenters. The van der Waals surface area contributed by atoms with Gasteiger partial charge in [-0.05, 0) is 44.7 Å². The molecule has 0 N–H and O–H groups in total. The average molecular weight is 383 g/mol. The van der Waals surface area contributed by atoms with Crippen molar-refractivity contribution < 1.29 is 14.3 Å². The normalized spacial score (nSPS) is 24.3. The molecule has 2 aromatic heterocycles. The number of ether oxygens (including phenoxy) is 1. The molecule has 1 amide bonds. The summed E-state index contributed by atoms with van der Waals surface area (Å²) in [5, 5.41) is 4.42. The molecule has 28 heavy (non-hydrogen) atoms. The molecule has 0 bridgehead atoms. The Morgan fingerprint density at radius 2 is 1.82 bits per heavy atom. The minimum Gasteiger partial charge on any atom is -0.444 e. The number of carbonyl (C=O) groups excluding carboxylic acids is 2. The van der Waals surface area contributed by atoms with Gasteiger partial charge in [-0.2, -0.15) is 5.10 Å². The molecule has 1 aliphatic heterocycles. The highest BCUT2D eigenvalue weighted by Gasteiger charge is 2.60. The van der Waals surface area contributed by atoms with Crippen molar-refractivity contribution in [3.8, 4) is 0 Å². The summed E-state index contributed by atoms with van der Waals surface area (Å²) in [6, 6.07) is 5.98. The quantitative estimate of drug-likeness (QED) is 0.808. The van der Waals surface area contributed by atoms with Crippen molar-refractivity contribution in [2.45, 2.75) is 52.1 Å². The lowest BCUT2D eigenvalue weighted by Gasteiger charge is -2.26. The van der Waals surface area contributed by atoms with Crippen LogP contribution in [-0.2, 0) is 14.9 Å². The Hall–Kier alpha value is -2.37. The summed E-state index contributed by atoms with van der Waals surface area (Å²) < 4.78 is 7.30. The second kappa shape index (κ2) is 6.33. The van der Waals surface area contributed by atoms with Gasteiger partial charge in [0.05, 0.1) is 11.7 Å². The maximum Gasteiger partial charge on any atom is 0.410 e. The van der Waals surface area contributed by atoms with Gasteiger partial charge in [-0.25, -0.2) is 9.31 Å². The third kappa shape index (κ3) is 3.40. The first-order valence-corrected chi connectivity index (χ1v) is 10.0. The summed E-state index contributed by atoms with van der Waals surface area (Å²) in [5.74, 6) is 0.971. The Bertz CT molecular complexity index is 912. The van der Waals surface area contributed by atoms with E-state index in [0.717, 1.165) is 11.1 Å². The molecule has 1 aliphatic carbocycles. The molecule has 150 valence electrons. The predicted octanol–water partition coefficient (Wildman–Crippen LogP) is 3.68. The van der Waals surface area contributed by atoms with Crippen LogP contribution < -0.4 is 0 Å². The van der Waals surface area contributed by atoms with Gasteiger partial charge in [0.15, 0.2) is 0 Å². The number of ketones is 1. The zero-order valence-corrected chi connectivity index (χ0v) is 17.3. The molecule has 0 aromatic carbocycles. The first-order chi connectivity index (χ1) is 13.1. The number of carbonyl (C=O) groups is 2. The maximum absolute atomic E-state index is 13.0. The SMILES string of the molecule is CC(C)(C)OC(=O)N1C[C@@H]2C(C(=O)CC(C)(C)c3cnn4ccccc34)[C@@H]2C1. The maximum atomic E-state index is 13.0. The zero-order chi connectivity index (χ0) is 20.3. The van der Waals surface area contributed by atoms with Crippen molar-refractivity contribution in [1.82, 2.24) is 14.5 Å². The van der Waals surface area contributed by atoms with E-state index in [-0.39, 0.29) is 17.4 Å². The van der Waals surface area contributed by atoms with Crippen molar-refractivity contribution in [2.24, 2.45) is 17.8 Å². The van der Waals surface area contributed by atoms with Gasteiger partial charge in [0.25, 0.3) is 0 Å². The van der Waals surface area contributed by atoms with Crippen LogP contribution in [0.1, 0.15) is 46.6 Å². The minimum atomic E-state index is -0.489. The van der Waals surface area contributed by atoms with Crippen LogP contribution in [-0.4, -0.2) is 45.1 Å². The highest BCUT2D eigenvalue weighted by Crippen LogP contribution is 2.53. The number of aromatic nitrogens is 2. The molecule has 6 nitrogen and oxygen atoms in total. The van der Waals surface area contributed by atoms with Gasteiger partial charge in [-0.15, -0.1) is 0 Å². The second-order valence-corrected chi connectivity index (χ2v) is 9.85. The van der Waals surface area contributed by atoms with Crippen LogP contribution in [0, 0.1) is 17.8 Å². The Morgan fingerprint density at radius 1 is 1.14 bits per heavy atom. The second-order valence-electron chi connectivity index (χ2n) is 9.85. The Balaban J connectivity index is 1.38. The van der Waals surface area contributed by atoms with E-state index in [0.29, 0.717) is 37.1 Å². The van der Waals surface area contributed by atoms with Crippen molar-refractivity contribution >= 4 is 17.4 Å². The van der Waals surface area contributed by atoms with Gasteiger partial charge in [-0.1, -0.05) is 19.9 Å². The third-order valence-corrected chi connectivity index (χ3v) is 5.99. The molecule has 2 aromatic rings. The van der Waals surface area contributed by atoms with E-state index in [2.05, 4.69) is 18.9 Å². The van der Waals surface area contributed by atoms with Crippen LogP contribution >= 0.6 is 0 Å². The van der Waals surface area contributed by atoms with E-state index in [4.69, 9.17) is 4.74 Å². The van der Waals surface area contributed by atoms with E-state index >= 15 is 0 Å². The third-order valence-electron chi connectivity index (χ3n) is 5.99. The minimum absolute atomic E-state index is 0.0831. The zero-order valence-electron chi connectivity index (χ0n) is 17.3. The number of Topliss-reactive ketones (excluding diaryl/α,β-unsaturated/α-hetero) is 1. The highest BCUT2D eigenvalue weighted by atomic mass is 16.6. The number of amides is 1. The fraction of sp³-hybridized carbons (Fsp3) is 0.591. The number of pyridine rings is 1. The van der Waals surface area contributed by atoms with Crippen LogP contribution in [0.15, 0.2) is 30.6 Å². The number of rotatable bonds is 4. The molecular weight excluding hydrogens is 354 g/mol. The van der Waals surface area contributed by atoms with Crippen LogP contribution in [0.25, 0.3) is 5.52 Å². The molecule has 0 spiro atoms. The van der Waals surface area contributed by atoms with Gasteiger partial charge in [0.1, 0.15) is 11.4 Å². The standard InChI is InChI=1S/C22H29N3O3/c1-21(2,3)28-20(27)24-12-14-15(13-24)19(14)18(26)10-22(4,5)16-11-23-25-9-7-6-8-17(16)25/h6-9,11,14-15,19H,10,12-13H2,1-5H3/t14-,15+,19?. The van der Waals surface area contributed by atoms with E-state index in [1.54, 1.807) is 4.90 Å². The Labute approximate surface area is 165 Å². The lowest BCUT2D eigenvalue weighted by molar-refractivity contribution is -0.122. The van der Waals surface area contributed by atoms with Crippen molar-refractivity contribution in [3.63, 3.8) is 0 Å². The number of nitrogens with zero attached hydrogens (tertiary/aromatic N) is 3. The van der Waals surface area contributed by atoms with Crippen LogP contribution in [0.2, 0.25) is 0 Å². The number of hydrogen-bond acceptors (Lipinski definition) is 4. The van der Waals surface area contributed by atoms with Gasteiger partial charge < -0.3 is 9.64 Å². The van der Waals surface area contributed by atoms with E-state index in [1.807, 2.05) is 55.9 Å². The van der Waals surface area contributed by atoms with Crippen molar-refractivity contribution in [1.29, 1.82) is 0 Å². The van der Waals surface area contributed by atoms with Crippen LogP contribution in [0.3, 0.4) is 0 Å². The van der Waals surface area contributed by atoms with Gasteiger partial charge in [0, 0.05) is 42.6 Å². The number of piperidine rings is 1.